The highest BCUT2D eigenvalue weighted by atomic mass is 16.5. The topological polar surface area (TPSA) is 58.6 Å². The standard InChI is InChI=1S/C16H17NO3/c1-9-7-12-10-5-3-4-6-11(10)14(20-2)8-13(12)15(17-9)16(18)19/h3-6,8-9,15,17H,7H2,1-2H3,(H,18,19). The number of carboxylic acids is 1. The normalized spacial score (nSPS) is 21.5. The largest absolute Gasteiger partial charge is 0.496 e. The summed E-state index contributed by atoms with van der Waals surface area (Å²) in [6, 6.07) is 9.31. The average Bonchev–Trinajstić information content (AvgIpc) is 2.45. The molecular formula is C16H17NO3. The third-order valence-corrected chi connectivity index (χ3v) is 3.89. The average molecular weight is 271 g/mol. The molecular weight excluding hydrogens is 254 g/mol. The summed E-state index contributed by atoms with van der Waals surface area (Å²) >= 11 is 0. The monoisotopic (exact) mass is 271 g/mol. The van der Waals surface area contributed by atoms with Crippen LogP contribution in [-0.2, 0) is 11.2 Å². The summed E-state index contributed by atoms with van der Waals surface area (Å²) < 4.78 is 5.43. The molecule has 0 amide bonds. The highest BCUT2D eigenvalue weighted by Gasteiger charge is 2.31. The first kappa shape index (κ1) is 12.9. The number of fused-ring (bicyclic) bond motifs is 3. The summed E-state index contributed by atoms with van der Waals surface area (Å²) in [6.45, 7) is 2.01. The van der Waals surface area contributed by atoms with Gasteiger partial charge in [-0.3, -0.25) is 10.1 Å². The molecule has 2 N–H and O–H groups in total. The number of hydrogen-bond donors (Lipinski definition) is 2. The molecule has 4 nitrogen and oxygen atoms in total. The number of methoxy groups -OCH3 is 1. The van der Waals surface area contributed by atoms with Gasteiger partial charge in [-0.2, -0.15) is 0 Å². The van der Waals surface area contributed by atoms with Crippen molar-refractivity contribution in [1.29, 1.82) is 0 Å². The molecule has 1 heterocycles. The fourth-order valence-electron chi connectivity index (χ4n) is 3.02. The van der Waals surface area contributed by atoms with Crippen LogP contribution in [0.25, 0.3) is 10.8 Å². The first-order valence-corrected chi connectivity index (χ1v) is 6.69. The Morgan fingerprint density at radius 3 is 2.70 bits per heavy atom. The number of aliphatic carboxylic acids is 1. The van der Waals surface area contributed by atoms with Crippen LogP contribution in [0.5, 0.6) is 5.75 Å². The van der Waals surface area contributed by atoms with Crippen molar-refractivity contribution in [2.45, 2.75) is 25.4 Å². The van der Waals surface area contributed by atoms with Crippen molar-refractivity contribution < 1.29 is 14.6 Å². The van der Waals surface area contributed by atoms with Gasteiger partial charge in [0.05, 0.1) is 7.11 Å². The Balaban J connectivity index is 2.32. The van der Waals surface area contributed by atoms with E-state index in [-0.39, 0.29) is 6.04 Å². The number of nitrogens with one attached hydrogen (secondary N) is 1. The van der Waals surface area contributed by atoms with Crippen molar-refractivity contribution in [2.75, 3.05) is 7.11 Å². The van der Waals surface area contributed by atoms with Crippen molar-refractivity contribution in [3.05, 3.63) is 41.5 Å². The van der Waals surface area contributed by atoms with Gasteiger partial charge in [0.25, 0.3) is 0 Å². The van der Waals surface area contributed by atoms with Crippen LogP contribution in [0.3, 0.4) is 0 Å². The molecule has 1 aliphatic heterocycles. The Labute approximate surface area is 117 Å². The van der Waals surface area contributed by atoms with Crippen molar-refractivity contribution >= 4 is 16.7 Å². The zero-order valence-corrected chi connectivity index (χ0v) is 11.5. The van der Waals surface area contributed by atoms with E-state index < -0.39 is 12.0 Å². The van der Waals surface area contributed by atoms with E-state index in [0.29, 0.717) is 0 Å². The second kappa shape index (κ2) is 4.80. The minimum Gasteiger partial charge on any atom is -0.496 e. The number of carbonyl (C=O) groups is 1. The second-order valence-electron chi connectivity index (χ2n) is 5.24. The number of hydrogen-bond acceptors (Lipinski definition) is 3. The molecule has 1 aliphatic rings. The van der Waals surface area contributed by atoms with Gasteiger partial charge in [-0.15, -0.1) is 0 Å². The van der Waals surface area contributed by atoms with Gasteiger partial charge in [0, 0.05) is 11.4 Å². The third kappa shape index (κ3) is 1.93. The van der Waals surface area contributed by atoms with E-state index in [9.17, 15) is 9.90 Å². The third-order valence-electron chi connectivity index (χ3n) is 3.89. The lowest BCUT2D eigenvalue weighted by Gasteiger charge is -2.30. The van der Waals surface area contributed by atoms with E-state index in [4.69, 9.17) is 4.74 Å². The Morgan fingerprint density at radius 1 is 1.35 bits per heavy atom. The molecule has 4 heteroatoms. The number of carboxylic acid groups (broad SMARTS) is 1. The van der Waals surface area contributed by atoms with Crippen LogP contribution in [0.1, 0.15) is 24.1 Å². The maximum Gasteiger partial charge on any atom is 0.325 e. The molecule has 0 saturated carbocycles. The van der Waals surface area contributed by atoms with Crippen molar-refractivity contribution in [1.82, 2.24) is 5.32 Å². The predicted molar refractivity (Wildman–Crippen MR) is 77.2 cm³/mol. The first-order valence-electron chi connectivity index (χ1n) is 6.69. The zero-order chi connectivity index (χ0) is 14.3. The summed E-state index contributed by atoms with van der Waals surface area (Å²) in [4.78, 5) is 11.5. The van der Waals surface area contributed by atoms with E-state index in [0.717, 1.165) is 34.1 Å². The van der Waals surface area contributed by atoms with Crippen LogP contribution >= 0.6 is 0 Å². The molecule has 0 saturated heterocycles. The number of ether oxygens (including phenoxy) is 1. The minimum absolute atomic E-state index is 0.139. The molecule has 104 valence electrons. The van der Waals surface area contributed by atoms with Crippen molar-refractivity contribution in [2.24, 2.45) is 0 Å². The lowest BCUT2D eigenvalue weighted by atomic mass is 9.86. The van der Waals surface area contributed by atoms with E-state index in [2.05, 4.69) is 5.32 Å². The van der Waals surface area contributed by atoms with Crippen LogP contribution in [0, 0.1) is 0 Å². The highest BCUT2D eigenvalue weighted by Crippen LogP contribution is 2.37. The van der Waals surface area contributed by atoms with Crippen LogP contribution < -0.4 is 10.1 Å². The summed E-state index contributed by atoms with van der Waals surface area (Å²) in [5, 5.41) is 14.7. The number of benzene rings is 2. The predicted octanol–water partition coefficient (Wildman–Crippen LogP) is 2.51. The van der Waals surface area contributed by atoms with Crippen molar-refractivity contribution in [3.63, 3.8) is 0 Å². The Kier molecular flexibility index (Phi) is 3.10. The van der Waals surface area contributed by atoms with Gasteiger partial charge in [0.2, 0.25) is 0 Å². The SMILES string of the molecule is COc1cc2c(c3ccccc13)CC(C)NC2C(=O)O. The molecule has 0 aliphatic carbocycles. The van der Waals surface area contributed by atoms with Crippen molar-refractivity contribution in [3.8, 4) is 5.75 Å². The van der Waals surface area contributed by atoms with Gasteiger partial charge in [-0.05, 0) is 35.9 Å². The lowest BCUT2D eigenvalue weighted by molar-refractivity contribution is -0.140. The Hall–Kier alpha value is -2.07. The second-order valence-corrected chi connectivity index (χ2v) is 5.24. The minimum atomic E-state index is -0.852. The molecule has 2 aromatic rings. The van der Waals surface area contributed by atoms with Gasteiger partial charge in [-0.1, -0.05) is 24.3 Å². The molecule has 20 heavy (non-hydrogen) atoms. The molecule has 0 bridgehead atoms. The summed E-state index contributed by atoms with van der Waals surface area (Å²) in [7, 11) is 1.61. The molecule has 0 fully saturated rings. The number of rotatable bonds is 2. The first-order chi connectivity index (χ1) is 9.61. The summed E-state index contributed by atoms with van der Waals surface area (Å²) in [5.41, 5.74) is 1.92. The zero-order valence-electron chi connectivity index (χ0n) is 11.5. The molecule has 0 aromatic heterocycles. The molecule has 3 rings (SSSR count). The van der Waals surface area contributed by atoms with Gasteiger partial charge in [0.1, 0.15) is 11.8 Å². The maximum atomic E-state index is 11.5. The molecule has 0 spiro atoms. The maximum absolute atomic E-state index is 11.5. The van der Waals surface area contributed by atoms with E-state index >= 15 is 0 Å². The van der Waals surface area contributed by atoms with E-state index in [1.54, 1.807) is 7.11 Å². The fraction of sp³-hybridized carbons (Fsp3) is 0.312. The van der Waals surface area contributed by atoms with E-state index in [1.165, 1.54) is 0 Å². The summed E-state index contributed by atoms with van der Waals surface area (Å²) in [5.74, 6) is -0.128. The van der Waals surface area contributed by atoms with Gasteiger partial charge in [0.15, 0.2) is 0 Å². The van der Waals surface area contributed by atoms with Gasteiger partial charge in [-0.25, -0.2) is 0 Å². The Morgan fingerprint density at radius 2 is 2.05 bits per heavy atom. The molecule has 2 atom stereocenters. The van der Waals surface area contributed by atoms with Gasteiger partial charge >= 0.3 is 5.97 Å². The van der Waals surface area contributed by atoms with Gasteiger partial charge < -0.3 is 9.84 Å². The summed E-state index contributed by atoms with van der Waals surface area (Å²) in [6.07, 6.45) is 0.823. The molecule has 2 unspecified atom stereocenters. The Bertz CT molecular complexity index is 681. The van der Waals surface area contributed by atoms with Crippen LogP contribution in [-0.4, -0.2) is 24.2 Å². The smallest absolute Gasteiger partial charge is 0.325 e. The quantitative estimate of drug-likeness (QED) is 0.881. The van der Waals surface area contributed by atoms with Crippen LogP contribution in [0.15, 0.2) is 30.3 Å². The lowest BCUT2D eigenvalue weighted by Crippen LogP contribution is -2.41. The fourth-order valence-corrected chi connectivity index (χ4v) is 3.02. The molecule has 2 aromatic carbocycles. The van der Waals surface area contributed by atoms with E-state index in [1.807, 2.05) is 37.3 Å². The van der Waals surface area contributed by atoms with Crippen LogP contribution in [0.2, 0.25) is 0 Å². The molecule has 0 radical (unpaired) electrons. The highest BCUT2D eigenvalue weighted by molar-refractivity contribution is 5.94. The van der Waals surface area contributed by atoms with Crippen LogP contribution in [0.4, 0.5) is 0 Å².